The molecule has 3 aromatic rings. The fraction of sp³-hybridized carbons (Fsp3) is 0.348. The number of rotatable bonds is 4. The molecular weight excluding hydrogens is 402 g/mol. The average molecular weight is 425 g/mol. The first-order valence-electron chi connectivity index (χ1n) is 10.2. The number of carbonyl (C=O) groups excluding carboxylic acids is 1. The third-order valence-electron chi connectivity index (χ3n) is 5.50. The standard InChI is InChI=1S/C23H23NO7/c1-13(25)24-19-20(26)21-18(12-28-22(31-21)17-10-5-11-27-17)30-23(19)29-16-9-4-7-14-6-2-3-8-15(14)16/h2-11,18-23,26H,12H2,1H3,(H,24,25)/t18-,19+,20+,21+,22+,23-/m1/s1. The van der Waals surface area contributed by atoms with Gasteiger partial charge in [0.2, 0.25) is 18.5 Å². The van der Waals surface area contributed by atoms with Gasteiger partial charge in [-0.05, 0) is 23.6 Å². The van der Waals surface area contributed by atoms with Crippen molar-refractivity contribution in [3.05, 3.63) is 66.6 Å². The van der Waals surface area contributed by atoms with Crippen LogP contribution in [0.15, 0.2) is 65.3 Å². The maximum atomic E-state index is 11.9. The van der Waals surface area contributed by atoms with Crippen molar-refractivity contribution in [1.82, 2.24) is 5.32 Å². The van der Waals surface area contributed by atoms with Crippen LogP contribution in [-0.4, -0.2) is 48.3 Å². The lowest BCUT2D eigenvalue weighted by atomic mass is 9.95. The monoisotopic (exact) mass is 425 g/mol. The lowest BCUT2D eigenvalue weighted by molar-refractivity contribution is -0.336. The Morgan fingerprint density at radius 3 is 2.74 bits per heavy atom. The minimum Gasteiger partial charge on any atom is -0.464 e. The number of aliphatic hydroxyl groups excluding tert-OH is 1. The molecule has 0 bridgehead atoms. The van der Waals surface area contributed by atoms with E-state index in [9.17, 15) is 9.90 Å². The van der Waals surface area contributed by atoms with Crippen LogP contribution in [0.5, 0.6) is 5.75 Å². The minimum absolute atomic E-state index is 0.176. The molecule has 2 fully saturated rings. The summed E-state index contributed by atoms with van der Waals surface area (Å²) < 4.78 is 29.3. The Morgan fingerprint density at radius 2 is 1.94 bits per heavy atom. The van der Waals surface area contributed by atoms with Crippen LogP contribution in [0.2, 0.25) is 0 Å². The van der Waals surface area contributed by atoms with Gasteiger partial charge in [-0.2, -0.15) is 0 Å². The summed E-state index contributed by atoms with van der Waals surface area (Å²) in [4.78, 5) is 11.9. The summed E-state index contributed by atoms with van der Waals surface area (Å²) in [5.74, 6) is 0.776. The van der Waals surface area contributed by atoms with Gasteiger partial charge in [-0.1, -0.05) is 36.4 Å². The highest BCUT2D eigenvalue weighted by molar-refractivity contribution is 5.88. The van der Waals surface area contributed by atoms with Gasteiger partial charge in [-0.25, -0.2) is 0 Å². The molecule has 162 valence electrons. The van der Waals surface area contributed by atoms with E-state index in [4.69, 9.17) is 23.4 Å². The fourth-order valence-corrected chi connectivity index (χ4v) is 4.07. The number of benzene rings is 2. The molecule has 0 radical (unpaired) electrons. The average Bonchev–Trinajstić information content (AvgIpc) is 3.31. The summed E-state index contributed by atoms with van der Waals surface area (Å²) in [5, 5.41) is 15.8. The third kappa shape index (κ3) is 3.90. The van der Waals surface area contributed by atoms with Crippen LogP contribution in [0, 0.1) is 0 Å². The van der Waals surface area contributed by atoms with Crippen LogP contribution >= 0.6 is 0 Å². The molecule has 0 aliphatic carbocycles. The zero-order valence-corrected chi connectivity index (χ0v) is 16.8. The highest BCUT2D eigenvalue weighted by Gasteiger charge is 2.51. The zero-order chi connectivity index (χ0) is 21.4. The van der Waals surface area contributed by atoms with Crippen molar-refractivity contribution in [2.45, 2.75) is 43.9 Å². The van der Waals surface area contributed by atoms with Crippen LogP contribution in [-0.2, 0) is 19.0 Å². The number of amides is 1. The van der Waals surface area contributed by atoms with Crippen molar-refractivity contribution in [2.24, 2.45) is 0 Å². The number of hydrogen-bond donors (Lipinski definition) is 2. The van der Waals surface area contributed by atoms with Gasteiger partial charge in [-0.15, -0.1) is 0 Å². The maximum absolute atomic E-state index is 11.9. The molecule has 5 rings (SSSR count). The summed E-state index contributed by atoms with van der Waals surface area (Å²) in [7, 11) is 0. The first-order valence-corrected chi connectivity index (χ1v) is 10.2. The number of hydrogen-bond acceptors (Lipinski definition) is 7. The van der Waals surface area contributed by atoms with E-state index in [1.54, 1.807) is 12.1 Å². The van der Waals surface area contributed by atoms with E-state index in [1.807, 2.05) is 42.5 Å². The topological polar surface area (TPSA) is 99.4 Å². The zero-order valence-electron chi connectivity index (χ0n) is 16.8. The lowest BCUT2D eigenvalue weighted by Gasteiger charge is -2.47. The van der Waals surface area contributed by atoms with Crippen LogP contribution in [0.1, 0.15) is 19.0 Å². The summed E-state index contributed by atoms with van der Waals surface area (Å²) in [6.07, 6.45) is -2.56. The summed E-state index contributed by atoms with van der Waals surface area (Å²) in [5.41, 5.74) is 0. The van der Waals surface area contributed by atoms with Crippen molar-refractivity contribution in [3.63, 3.8) is 0 Å². The molecule has 0 unspecified atom stereocenters. The van der Waals surface area contributed by atoms with Gasteiger partial charge in [-0.3, -0.25) is 4.79 Å². The Kier molecular flexibility index (Phi) is 5.37. The summed E-state index contributed by atoms with van der Waals surface area (Å²) >= 11 is 0. The van der Waals surface area contributed by atoms with Crippen molar-refractivity contribution in [3.8, 4) is 5.75 Å². The Bertz CT molecular complexity index is 1050. The van der Waals surface area contributed by atoms with Crippen LogP contribution in [0.25, 0.3) is 10.8 Å². The van der Waals surface area contributed by atoms with E-state index in [0.29, 0.717) is 11.5 Å². The SMILES string of the molecule is CC(=O)N[C@@H]1[C@H](Oc2cccc3ccccc23)O[C@@H]2CO[C@H](c3ccco3)O[C@@H]2[C@H]1O. The smallest absolute Gasteiger partial charge is 0.223 e. The molecule has 2 aliphatic heterocycles. The predicted molar refractivity (Wildman–Crippen MR) is 109 cm³/mol. The highest BCUT2D eigenvalue weighted by atomic mass is 16.8. The maximum Gasteiger partial charge on any atom is 0.223 e. The Hall–Kier alpha value is -2.91. The minimum atomic E-state index is -1.08. The molecule has 2 N–H and O–H groups in total. The first-order chi connectivity index (χ1) is 15.1. The number of ether oxygens (including phenoxy) is 4. The van der Waals surface area contributed by atoms with Gasteiger partial charge in [0, 0.05) is 12.3 Å². The molecule has 0 spiro atoms. The van der Waals surface area contributed by atoms with Gasteiger partial charge in [0.1, 0.15) is 30.1 Å². The van der Waals surface area contributed by atoms with Crippen LogP contribution in [0.3, 0.4) is 0 Å². The lowest BCUT2D eigenvalue weighted by Crippen LogP contribution is -2.67. The molecule has 3 heterocycles. The molecule has 0 saturated carbocycles. The van der Waals surface area contributed by atoms with Gasteiger partial charge in [0.15, 0.2) is 5.76 Å². The Labute approximate surface area is 178 Å². The molecule has 2 saturated heterocycles. The van der Waals surface area contributed by atoms with Gasteiger partial charge < -0.3 is 33.8 Å². The van der Waals surface area contributed by atoms with E-state index in [0.717, 1.165) is 10.8 Å². The van der Waals surface area contributed by atoms with Crippen molar-refractivity contribution in [2.75, 3.05) is 6.61 Å². The highest BCUT2D eigenvalue weighted by Crippen LogP contribution is 2.36. The number of furan rings is 1. The second kappa shape index (κ2) is 8.32. The molecule has 2 aliphatic rings. The predicted octanol–water partition coefficient (Wildman–Crippen LogP) is 2.52. The number of nitrogens with one attached hydrogen (secondary N) is 1. The summed E-state index contributed by atoms with van der Waals surface area (Å²) in [6.45, 7) is 1.56. The normalized spacial score (nSPS) is 30.5. The second-order valence-corrected chi connectivity index (χ2v) is 7.64. The van der Waals surface area contributed by atoms with Gasteiger partial charge in [0.25, 0.3) is 0 Å². The molecule has 8 heteroatoms. The Morgan fingerprint density at radius 1 is 1.10 bits per heavy atom. The van der Waals surface area contributed by atoms with Crippen molar-refractivity contribution < 1.29 is 33.3 Å². The molecular formula is C23H23NO7. The summed E-state index contributed by atoms with van der Waals surface area (Å²) in [6, 6.07) is 16.1. The Balaban J connectivity index is 1.41. The quantitative estimate of drug-likeness (QED) is 0.663. The second-order valence-electron chi connectivity index (χ2n) is 7.64. The largest absolute Gasteiger partial charge is 0.464 e. The van der Waals surface area contributed by atoms with E-state index < -0.39 is 36.9 Å². The van der Waals surface area contributed by atoms with Gasteiger partial charge in [0.05, 0.1) is 12.9 Å². The molecule has 1 aromatic heterocycles. The van der Waals surface area contributed by atoms with E-state index >= 15 is 0 Å². The molecule has 31 heavy (non-hydrogen) atoms. The van der Waals surface area contributed by atoms with Crippen molar-refractivity contribution in [1.29, 1.82) is 0 Å². The van der Waals surface area contributed by atoms with Crippen LogP contribution < -0.4 is 10.1 Å². The van der Waals surface area contributed by atoms with Crippen LogP contribution in [0.4, 0.5) is 0 Å². The number of fused-ring (bicyclic) bond motifs is 2. The number of aliphatic hydroxyl groups is 1. The van der Waals surface area contributed by atoms with Gasteiger partial charge >= 0.3 is 0 Å². The third-order valence-corrected chi connectivity index (χ3v) is 5.50. The molecule has 8 nitrogen and oxygen atoms in total. The first kappa shape index (κ1) is 20.0. The number of carbonyl (C=O) groups is 1. The molecule has 1 amide bonds. The molecule has 6 atom stereocenters. The van der Waals surface area contributed by atoms with Crippen molar-refractivity contribution >= 4 is 16.7 Å². The fourth-order valence-electron chi connectivity index (χ4n) is 4.07. The van der Waals surface area contributed by atoms with E-state index in [-0.39, 0.29) is 12.5 Å². The molecule has 2 aromatic carbocycles. The van der Waals surface area contributed by atoms with E-state index in [2.05, 4.69) is 5.32 Å². The van der Waals surface area contributed by atoms with E-state index in [1.165, 1.54) is 13.2 Å².